The van der Waals surface area contributed by atoms with Crippen LogP contribution in [0.3, 0.4) is 0 Å². The Morgan fingerprint density at radius 1 is 1.29 bits per heavy atom. The van der Waals surface area contributed by atoms with E-state index in [0.29, 0.717) is 6.42 Å². The number of benzene rings is 1. The molecule has 14 heavy (non-hydrogen) atoms. The topological polar surface area (TPSA) is 17.1 Å². The summed E-state index contributed by atoms with van der Waals surface area (Å²) in [5.41, 5.74) is 1.90. The van der Waals surface area contributed by atoms with Gasteiger partial charge in [-0.05, 0) is 31.0 Å². The number of carbonyl (C=O) groups is 1. The van der Waals surface area contributed by atoms with E-state index in [1.54, 1.807) is 0 Å². The number of rotatable bonds is 3. The third-order valence-corrected chi connectivity index (χ3v) is 3.73. The van der Waals surface area contributed by atoms with E-state index < -0.39 is 0 Å². The third kappa shape index (κ3) is 2.67. The molecule has 1 aromatic carbocycles. The Morgan fingerprint density at radius 2 is 1.79 bits per heavy atom. The number of hydrogen-bond acceptors (Lipinski definition) is 1. The summed E-state index contributed by atoms with van der Waals surface area (Å²) in [5, 5.41) is 0. The van der Waals surface area contributed by atoms with Crippen LogP contribution < -0.4 is 0 Å². The van der Waals surface area contributed by atoms with Gasteiger partial charge in [0, 0.05) is 20.9 Å². The van der Waals surface area contributed by atoms with Crippen LogP contribution >= 0.6 is 31.9 Å². The summed E-state index contributed by atoms with van der Waals surface area (Å²) < 4.78 is 1.96. The molecule has 0 saturated heterocycles. The molecule has 0 heterocycles. The van der Waals surface area contributed by atoms with Gasteiger partial charge in [0.05, 0.1) is 0 Å². The predicted octanol–water partition coefficient (Wildman–Crippen LogP) is 4.50. The van der Waals surface area contributed by atoms with Crippen LogP contribution in [0.2, 0.25) is 0 Å². The van der Waals surface area contributed by atoms with Gasteiger partial charge in [-0.3, -0.25) is 4.79 Å². The molecule has 0 unspecified atom stereocenters. The van der Waals surface area contributed by atoms with Crippen molar-refractivity contribution in [3.8, 4) is 0 Å². The quantitative estimate of drug-likeness (QED) is 0.749. The summed E-state index contributed by atoms with van der Waals surface area (Å²) in [6, 6.07) is 3.77. The summed E-state index contributed by atoms with van der Waals surface area (Å²) in [4.78, 5) is 11.6. The Balaban J connectivity index is 3.06. The van der Waals surface area contributed by atoms with Crippen molar-refractivity contribution in [2.45, 2.75) is 26.7 Å². The number of Topliss-reactive ketones (excluding diaryl/α,β-unsaturated/α-hetero) is 1. The third-order valence-electron chi connectivity index (χ3n) is 2.08. The van der Waals surface area contributed by atoms with Crippen LogP contribution in [-0.2, 0) is 0 Å². The fourth-order valence-electron chi connectivity index (χ4n) is 1.18. The molecule has 3 heteroatoms. The average molecular weight is 320 g/mol. The zero-order valence-corrected chi connectivity index (χ0v) is 11.4. The lowest BCUT2D eigenvalue weighted by atomic mass is 10.1. The van der Waals surface area contributed by atoms with Gasteiger partial charge in [0.15, 0.2) is 5.78 Å². The monoisotopic (exact) mass is 318 g/mol. The maximum atomic E-state index is 11.6. The van der Waals surface area contributed by atoms with Crippen LogP contribution in [0.1, 0.15) is 35.7 Å². The molecule has 0 amide bonds. The van der Waals surface area contributed by atoms with Gasteiger partial charge >= 0.3 is 0 Å². The predicted molar refractivity (Wildman–Crippen MR) is 65.8 cm³/mol. The van der Waals surface area contributed by atoms with E-state index in [1.807, 2.05) is 26.0 Å². The largest absolute Gasteiger partial charge is 0.294 e. The first-order valence-corrected chi connectivity index (χ1v) is 6.13. The fraction of sp³-hybridized carbons (Fsp3) is 0.364. The molecule has 0 saturated carbocycles. The molecule has 0 aliphatic carbocycles. The Bertz CT molecular complexity index is 335. The van der Waals surface area contributed by atoms with Gasteiger partial charge in [0.1, 0.15) is 0 Å². The number of hydrogen-bond donors (Lipinski definition) is 0. The molecule has 0 aromatic heterocycles. The highest BCUT2D eigenvalue weighted by Crippen LogP contribution is 2.26. The van der Waals surface area contributed by atoms with Gasteiger partial charge in [0.25, 0.3) is 0 Å². The lowest BCUT2D eigenvalue weighted by Crippen LogP contribution is -1.98. The van der Waals surface area contributed by atoms with Crippen molar-refractivity contribution in [3.05, 3.63) is 32.2 Å². The van der Waals surface area contributed by atoms with Crippen molar-refractivity contribution in [1.82, 2.24) is 0 Å². The minimum atomic E-state index is 0.203. The second-order valence-electron chi connectivity index (χ2n) is 3.24. The molecule has 1 aromatic rings. The van der Waals surface area contributed by atoms with Crippen molar-refractivity contribution < 1.29 is 4.79 Å². The van der Waals surface area contributed by atoms with Crippen molar-refractivity contribution in [2.75, 3.05) is 0 Å². The van der Waals surface area contributed by atoms with Crippen LogP contribution in [-0.4, -0.2) is 5.78 Å². The number of carbonyl (C=O) groups excluding carboxylic acids is 1. The summed E-state index contributed by atoms with van der Waals surface area (Å²) in [6.07, 6.45) is 1.50. The summed E-state index contributed by atoms with van der Waals surface area (Å²) >= 11 is 6.87. The van der Waals surface area contributed by atoms with Crippen LogP contribution in [0, 0.1) is 6.92 Å². The maximum absolute atomic E-state index is 11.6. The molecule has 0 aliphatic heterocycles. The molecular formula is C11H12Br2O. The van der Waals surface area contributed by atoms with E-state index in [2.05, 4.69) is 31.9 Å². The second-order valence-corrected chi connectivity index (χ2v) is 4.95. The Kier molecular flexibility index (Phi) is 4.32. The molecule has 0 spiro atoms. The first-order valence-electron chi connectivity index (χ1n) is 4.55. The van der Waals surface area contributed by atoms with Crippen molar-refractivity contribution >= 4 is 37.6 Å². The van der Waals surface area contributed by atoms with Gasteiger partial charge in [-0.2, -0.15) is 0 Å². The minimum absolute atomic E-state index is 0.203. The molecule has 0 radical (unpaired) electrons. The molecule has 0 bridgehead atoms. The van der Waals surface area contributed by atoms with Gasteiger partial charge in [-0.15, -0.1) is 0 Å². The molecular weight excluding hydrogens is 308 g/mol. The smallest absolute Gasteiger partial charge is 0.162 e. The summed E-state index contributed by atoms with van der Waals surface area (Å²) in [5.74, 6) is 0.203. The maximum Gasteiger partial charge on any atom is 0.162 e. The average Bonchev–Trinajstić information content (AvgIpc) is 2.13. The molecule has 1 rings (SSSR count). The van der Waals surface area contributed by atoms with Gasteiger partial charge in [-0.1, -0.05) is 38.8 Å². The second kappa shape index (κ2) is 5.08. The van der Waals surface area contributed by atoms with Gasteiger partial charge in [0.2, 0.25) is 0 Å². The first-order chi connectivity index (χ1) is 6.56. The fourth-order valence-corrected chi connectivity index (χ4v) is 2.36. The highest BCUT2D eigenvalue weighted by Gasteiger charge is 2.08. The van der Waals surface area contributed by atoms with Crippen LogP contribution in [0.15, 0.2) is 21.1 Å². The van der Waals surface area contributed by atoms with E-state index in [1.165, 1.54) is 0 Å². The first kappa shape index (κ1) is 11.9. The van der Waals surface area contributed by atoms with E-state index in [0.717, 1.165) is 26.5 Å². The minimum Gasteiger partial charge on any atom is -0.294 e. The Hall–Kier alpha value is -0.150. The lowest BCUT2D eigenvalue weighted by Gasteiger charge is -2.05. The SMILES string of the molecule is CCCC(=O)c1cc(Br)c(C)c(Br)c1. The highest BCUT2D eigenvalue weighted by atomic mass is 79.9. The van der Waals surface area contributed by atoms with E-state index in [-0.39, 0.29) is 5.78 Å². The van der Waals surface area contributed by atoms with Crippen LogP contribution in [0.4, 0.5) is 0 Å². The van der Waals surface area contributed by atoms with Crippen LogP contribution in [0.25, 0.3) is 0 Å². The summed E-state index contributed by atoms with van der Waals surface area (Å²) in [6.45, 7) is 4.01. The molecule has 0 N–H and O–H groups in total. The number of ketones is 1. The Morgan fingerprint density at radius 3 is 2.21 bits per heavy atom. The zero-order chi connectivity index (χ0) is 10.7. The molecule has 0 aliphatic rings. The lowest BCUT2D eigenvalue weighted by molar-refractivity contribution is 0.0981. The standard InChI is InChI=1S/C11H12Br2O/c1-3-4-11(14)8-5-9(12)7(2)10(13)6-8/h5-6H,3-4H2,1-2H3. The van der Waals surface area contributed by atoms with E-state index in [9.17, 15) is 4.79 Å². The van der Waals surface area contributed by atoms with Crippen LogP contribution in [0.5, 0.6) is 0 Å². The van der Waals surface area contributed by atoms with Crippen molar-refractivity contribution in [2.24, 2.45) is 0 Å². The van der Waals surface area contributed by atoms with E-state index >= 15 is 0 Å². The van der Waals surface area contributed by atoms with Gasteiger partial charge in [-0.25, -0.2) is 0 Å². The summed E-state index contributed by atoms with van der Waals surface area (Å²) in [7, 11) is 0. The van der Waals surface area contributed by atoms with Gasteiger partial charge < -0.3 is 0 Å². The normalized spacial score (nSPS) is 10.3. The molecule has 0 fully saturated rings. The highest BCUT2D eigenvalue weighted by molar-refractivity contribution is 9.11. The van der Waals surface area contributed by atoms with Crippen molar-refractivity contribution in [1.29, 1.82) is 0 Å². The molecule has 0 atom stereocenters. The van der Waals surface area contributed by atoms with Crippen molar-refractivity contribution in [3.63, 3.8) is 0 Å². The Labute approximate surface area is 101 Å². The zero-order valence-electron chi connectivity index (χ0n) is 8.23. The number of halogens is 2. The molecule has 76 valence electrons. The van der Waals surface area contributed by atoms with E-state index in [4.69, 9.17) is 0 Å². The molecule has 1 nitrogen and oxygen atoms in total.